The summed E-state index contributed by atoms with van der Waals surface area (Å²) in [6.45, 7) is 9.00. The van der Waals surface area contributed by atoms with E-state index in [1.807, 2.05) is 49.2 Å². The number of anilines is 1. The van der Waals surface area contributed by atoms with Gasteiger partial charge in [-0.25, -0.2) is 9.97 Å². The Morgan fingerprint density at radius 3 is 2.28 bits per heavy atom. The van der Waals surface area contributed by atoms with Gasteiger partial charge in [0, 0.05) is 43.5 Å². The molecule has 1 amide bonds. The molecule has 5 heteroatoms. The first kappa shape index (κ1) is 19.1. The molecule has 0 spiro atoms. The van der Waals surface area contributed by atoms with Gasteiger partial charge in [0.25, 0.3) is 5.91 Å². The Labute approximate surface area is 172 Å². The van der Waals surface area contributed by atoms with E-state index in [1.54, 1.807) is 0 Å². The van der Waals surface area contributed by atoms with Crippen molar-refractivity contribution in [2.24, 2.45) is 0 Å². The molecule has 1 fully saturated rings. The number of piperazine rings is 1. The van der Waals surface area contributed by atoms with Gasteiger partial charge in [0.15, 0.2) is 5.82 Å². The molecule has 2 heterocycles. The van der Waals surface area contributed by atoms with Crippen LogP contribution in [-0.4, -0.2) is 47.0 Å². The fraction of sp³-hybridized carbons (Fsp3) is 0.292. The van der Waals surface area contributed by atoms with Crippen LogP contribution < -0.4 is 4.90 Å². The van der Waals surface area contributed by atoms with E-state index in [-0.39, 0.29) is 5.91 Å². The van der Waals surface area contributed by atoms with Crippen molar-refractivity contribution in [3.8, 4) is 11.4 Å². The molecule has 29 heavy (non-hydrogen) atoms. The number of rotatable bonds is 3. The zero-order valence-corrected chi connectivity index (χ0v) is 17.2. The monoisotopic (exact) mass is 386 g/mol. The molecule has 1 aliphatic rings. The predicted molar refractivity (Wildman–Crippen MR) is 116 cm³/mol. The minimum Gasteiger partial charge on any atom is -0.353 e. The van der Waals surface area contributed by atoms with Crippen molar-refractivity contribution < 1.29 is 4.79 Å². The summed E-state index contributed by atoms with van der Waals surface area (Å²) in [5.41, 5.74) is 5.18. The molecule has 4 rings (SSSR count). The highest BCUT2D eigenvalue weighted by Crippen LogP contribution is 2.21. The van der Waals surface area contributed by atoms with E-state index in [0.717, 1.165) is 47.0 Å². The summed E-state index contributed by atoms with van der Waals surface area (Å²) < 4.78 is 0. The average Bonchev–Trinajstić information content (AvgIpc) is 2.76. The fourth-order valence-electron chi connectivity index (χ4n) is 3.64. The standard InChI is InChI=1S/C24H26N4O/c1-17-5-8-20(9-6-17)23-25-11-10-22(26-23)27-12-14-28(15-13-27)24(29)21-16-18(2)4-7-19(21)3/h4-11,16H,12-15H2,1-3H3. The number of benzene rings is 2. The lowest BCUT2D eigenvalue weighted by Crippen LogP contribution is -2.49. The molecule has 0 atom stereocenters. The summed E-state index contributed by atoms with van der Waals surface area (Å²) in [6.07, 6.45) is 1.81. The summed E-state index contributed by atoms with van der Waals surface area (Å²) in [4.78, 5) is 26.3. The smallest absolute Gasteiger partial charge is 0.254 e. The van der Waals surface area contributed by atoms with E-state index >= 15 is 0 Å². The molecule has 0 radical (unpaired) electrons. The van der Waals surface area contributed by atoms with Crippen molar-refractivity contribution in [1.82, 2.24) is 14.9 Å². The molecular formula is C24H26N4O. The second-order valence-electron chi connectivity index (χ2n) is 7.70. The molecule has 1 aromatic heterocycles. The van der Waals surface area contributed by atoms with Gasteiger partial charge < -0.3 is 9.80 Å². The van der Waals surface area contributed by atoms with Crippen molar-refractivity contribution in [3.63, 3.8) is 0 Å². The molecule has 2 aromatic carbocycles. The number of amides is 1. The number of carbonyl (C=O) groups excluding carboxylic acids is 1. The van der Waals surface area contributed by atoms with E-state index in [2.05, 4.69) is 41.1 Å². The lowest BCUT2D eigenvalue weighted by molar-refractivity contribution is 0.0745. The van der Waals surface area contributed by atoms with E-state index < -0.39 is 0 Å². The van der Waals surface area contributed by atoms with Gasteiger partial charge in [-0.15, -0.1) is 0 Å². The van der Waals surface area contributed by atoms with Gasteiger partial charge in [-0.1, -0.05) is 47.5 Å². The van der Waals surface area contributed by atoms with E-state index in [1.165, 1.54) is 5.56 Å². The highest BCUT2D eigenvalue weighted by Gasteiger charge is 2.24. The Bertz CT molecular complexity index is 1020. The largest absolute Gasteiger partial charge is 0.353 e. The molecule has 0 aliphatic carbocycles. The minimum atomic E-state index is 0.119. The normalized spacial score (nSPS) is 14.2. The summed E-state index contributed by atoms with van der Waals surface area (Å²) in [7, 11) is 0. The van der Waals surface area contributed by atoms with Crippen LogP contribution in [0.4, 0.5) is 5.82 Å². The lowest BCUT2D eigenvalue weighted by atomic mass is 10.0. The molecule has 3 aromatic rings. The van der Waals surface area contributed by atoms with Crippen LogP contribution in [0.2, 0.25) is 0 Å². The second-order valence-corrected chi connectivity index (χ2v) is 7.70. The quantitative estimate of drug-likeness (QED) is 0.682. The first-order valence-electron chi connectivity index (χ1n) is 10.0. The molecule has 0 bridgehead atoms. The zero-order valence-electron chi connectivity index (χ0n) is 17.2. The maximum atomic E-state index is 13.0. The number of hydrogen-bond donors (Lipinski definition) is 0. The predicted octanol–water partition coefficient (Wildman–Crippen LogP) is 4.03. The van der Waals surface area contributed by atoms with Gasteiger partial charge in [0.05, 0.1) is 0 Å². The number of hydrogen-bond acceptors (Lipinski definition) is 4. The third-order valence-electron chi connectivity index (χ3n) is 5.47. The highest BCUT2D eigenvalue weighted by molar-refractivity contribution is 5.96. The molecule has 1 aliphatic heterocycles. The Hall–Kier alpha value is -3.21. The van der Waals surface area contributed by atoms with Gasteiger partial charge in [0.1, 0.15) is 5.82 Å². The molecule has 1 saturated heterocycles. The van der Waals surface area contributed by atoms with Crippen molar-refractivity contribution in [2.75, 3.05) is 31.1 Å². The molecule has 5 nitrogen and oxygen atoms in total. The average molecular weight is 386 g/mol. The van der Waals surface area contributed by atoms with E-state index in [9.17, 15) is 4.79 Å². The molecule has 148 valence electrons. The van der Waals surface area contributed by atoms with Crippen LogP contribution in [0.3, 0.4) is 0 Å². The van der Waals surface area contributed by atoms with Crippen LogP contribution in [0.1, 0.15) is 27.0 Å². The molecule has 0 unspecified atom stereocenters. The summed E-state index contributed by atoms with van der Waals surface area (Å²) in [5, 5.41) is 0. The summed E-state index contributed by atoms with van der Waals surface area (Å²) >= 11 is 0. The van der Waals surface area contributed by atoms with Gasteiger partial charge in [-0.05, 0) is 38.5 Å². The van der Waals surface area contributed by atoms with Gasteiger partial charge >= 0.3 is 0 Å². The van der Waals surface area contributed by atoms with Crippen molar-refractivity contribution in [1.29, 1.82) is 0 Å². The molecular weight excluding hydrogens is 360 g/mol. The topological polar surface area (TPSA) is 49.3 Å². The van der Waals surface area contributed by atoms with Gasteiger partial charge in [-0.2, -0.15) is 0 Å². The van der Waals surface area contributed by atoms with Crippen LogP contribution in [0.25, 0.3) is 11.4 Å². The summed E-state index contributed by atoms with van der Waals surface area (Å²) in [5.74, 6) is 1.76. The number of aryl methyl sites for hydroxylation is 3. The Morgan fingerprint density at radius 2 is 1.55 bits per heavy atom. The van der Waals surface area contributed by atoms with Crippen LogP contribution in [0.15, 0.2) is 54.7 Å². The highest BCUT2D eigenvalue weighted by atomic mass is 16.2. The number of nitrogens with zero attached hydrogens (tertiary/aromatic N) is 4. The first-order valence-corrected chi connectivity index (χ1v) is 10.0. The lowest BCUT2D eigenvalue weighted by Gasteiger charge is -2.35. The maximum Gasteiger partial charge on any atom is 0.254 e. The third kappa shape index (κ3) is 4.14. The SMILES string of the molecule is Cc1ccc(-c2nccc(N3CCN(C(=O)c4cc(C)ccc4C)CC3)n2)cc1. The minimum absolute atomic E-state index is 0.119. The van der Waals surface area contributed by atoms with Crippen LogP contribution in [0, 0.1) is 20.8 Å². The summed E-state index contributed by atoms with van der Waals surface area (Å²) in [6, 6.07) is 16.2. The first-order chi connectivity index (χ1) is 14.0. The van der Waals surface area contributed by atoms with Crippen LogP contribution in [-0.2, 0) is 0 Å². The van der Waals surface area contributed by atoms with Gasteiger partial charge in [-0.3, -0.25) is 4.79 Å². The zero-order chi connectivity index (χ0) is 20.4. The second kappa shape index (κ2) is 8.03. The Balaban J connectivity index is 1.46. The molecule has 0 saturated carbocycles. The Morgan fingerprint density at radius 1 is 0.862 bits per heavy atom. The van der Waals surface area contributed by atoms with Crippen molar-refractivity contribution in [3.05, 3.63) is 77.0 Å². The number of aromatic nitrogens is 2. The fourth-order valence-corrected chi connectivity index (χ4v) is 3.64. The van der Waals surface area contributed by atoms with Crippen molar-refractivity contribution >= 4 is 11.7 Å². The Kier molecular flexibility index (Phi) is 5.30. The van der Waals surface area contributed by atoms with Crippen LogP contribution in [0.5, 0.6) is 0 Å². The van der Waals surface area contributed by atoms with E-state index in [4.69, 9.17) is 4.98 Å². The third-order valence-corrected chi connectivity index (χ3v) is 5.47. The van der Waals surface area contributed by atoms with Gasteiger partial charge in [0.2, 0.25) is 0 Å². The number of carbonyl (C=O) groups is 1. The van der Waals surface area contributed by atoms with Crippen LogP contribution >= 0.6 is 0 Å². The molecule has 0 N–H and O–H groups in total. The van der Waals surface area contributed by atoms with Crippen molar-refractivity contribution in [2.45, 2.75) is 20.8 Å². The maximum absolute atomic E-state index is 13.0. The van der Waals surface area contributed by atoms with E-state index in [0.29, 0.717) is 13.1 Å².